The van der Waals surface area contributed by atoms with Crippen LogP contribution in [0.5, 0.6) is 0 Å². The van der Waals surface area contributed by atoms with Crippen LogP contribution in [-0.4, -0.2) is 28.9 Å². The van der Waals surface area contributed by atoms with Crippen molar-refractivity contribution in [2.45, 2.75) is 19.6 Å². The Morgan fingerprint density at radius 1 is 1.00 bits per heavy atom. The molecule has 0 radical (unpaired) electrons. The monoisotopic (exact) mass is 225 g/mol. The van der Waals surface area contributed by atoms with Crippen LogP contribution in [-0.2, 0) is 0 Å². The van der Waals surface area contributed by atoms with Crippen LogP contribution in [0, 0.1) is 0 Å². The summed E-state index contributed by atoms with van der Waals surface area (Å²) >= 11 is 0. The third kappa shape index (κ3) is 2.55. The van der Waals surface area contributed by atoms with Gasteiger partial charge in [0, 0.05) is 5.69 Å². The fraction of sp³-hybridized carbons (Fsp3) is 0.333. The molecule has 0 aliphatic rings. The Balaban J connectivity index is 2.96. The van der Waals surface area contributed by atoms with Crippen molar-refractivity contribution < 1.29 is 0 Å². The molecule has 72 valence electrons. The molecule has 0 aliphatic carbocycles. The van der Waals surface area contributed by atoms with Crippen molar-refractivity contribution in [3.8, 4) is 0 Å². The third-order valence-electron chi connectivity index (χ3n) is 2.48. The number of hydrogen-bond acceptors (Lipinski definition) is 1. The van der Waals surface area contributed by atoms with E-state index in [0.717, 1.165) is 0 Å². The summed E-state index contributed by atoms with van der Waals surface area (Å²) in [5.41, 5.74) is 1.58. The second kappa shape index (κ2) is 5.41. The van der Waals surface area contributed by atoms with Gasteiger partial charge in [-0.1, -0.05) is 37.8 Å². The molecule has 0 heterocycles. The summed E-state index contributed by atoms with van der Waals surface area (Å²) < 4.78 is 2.71. The van der Waals surface area contributed by atoms with Crippen molar-refractivity contribution in [2.75, 3.05) is 4.23 Å². The lowest BCUT2D eigenvalue weighted by Gasteiger charge is -2.24. The van der Waals surface area contributed by atoms with Crippen molar-refractivity contribution >= 4 is 39.8 Å². The van der Waals surface area contributed by atoms with Crippen LogP contribution < -0.4 is 9.42 Å². The average molecular weight is 226 g/mol. The molecule has 13 heavy (non-hydrogen) atoms. The van der Waals surface area contributed by atoms with Gasteiger partial charge >= 0.3 is 0 Å². The van der Waals surface area contributed by atoms with E-state index in [0.29, 0.717) is 0 Å². The minimum atomic E-state index is 0.00369. The minimum absolute atomic E-state index is 0.00369. The molecule has 0 spiro atoms. The summed E-state index contributed by atoms with van der Waals surface area (Å²) in [5, 5.41) is 1.66. The summed E-state index contributed by atoms with van der Waals surface area (Å²) in [4.78, 5) is 0. The largest absolute Gasteiger partial charge is 0.434 e. The molecule has 0 bridgehead atoms. The molecule has 0 atom stereocenters. The molecule has 0 fully saturated rings. The first-order valence-electron chi connectivity index (χ1n) is 5.16. The molecule has 0 aliphatic heterocycles. The molecule has 0 unspecified atom stereocenters. The number of nitrogens with zero attached hydrogens (tertiary/aromatic N) is 1. The normalized spacial score (nSPS) is 12.8. The third-order valence-corrected chi connectivity index (χ3v) is 8.73. The zero-order valence-corrected chi connectivity index (χ0v) is 13.1. The van der Waals surface area contributed by atoms with Crippen molar-refractivity contribution in [3.05, 3.63) is 24.3 Å². The van der Waals surface area contributed by atoms with Crippen LogP contribution in [0.4, 0.5) is 5.69 Å². The van der Waals surface area contributed by atoms with Crippen molar-refractivity contribution in [3.63, 3.8) is 0 Å². The molecule has 4 heteroatoms. The van der Waals surface area contributed by atoms with Gasteiger partial charge in [0.05, 0.1) is 9.52 Å². The molecular weight excluding hydrogens is 206 g/mol. The molecule has 1 aromatic rings. The van der Waals surface area contributed by atoms with Crippen molar-refractivity contribution in [1.29, 1.82) is 0 Å². The number of hydrogen-bond donors (Lipinski definition) is 0. The lowest BCUT2D eigenvalue weighted by atomic mass is 10.3. The summed E-state index contributed by atoms with van der Waals surface area (Å²) in [6, 6.07) is 9.01. The number of benzene rings is 1. The van der Waals surface area contributed by atoms with Gasteiger partial charge < -0.3 is 4.23 Å². The van der Waals surface area contributed by atoms with Gasteiger partial charge in [0.1, 0.15) is 19.4 Å². The van der Waals surface area contributed by atoms with Gasteiger partial charge in [-0.15, -0.1) is 0 Å². The predicted octanol–water partition coefficient (Wildman–Crippen LogP) is -0.401. The standard InChI is InChI=1S/C9H19NSi3/c1-11-9-7-5-4-6-8(9)10(12-2)13-3/h4-7H,11-13H2,1-3H3. The molecular formula is C9H19NSi3. The van der Waals surface area contributed by atoms with E-state index in [9.17, 15) is 0 Å². The predicted molar refractivity (Wildman–Crippen MR) is 71.8 cm³/mol. The van der Waals surface area contributed by atoms with Crippen LogP contribution in [0.25, 0.3) is 0 Å². The van der Waals surface area contributed by atoms with E-state index in [1.54, 1.807) is 10.9 Å². The first kappa shape index (κ1) is 10.7. The Kier molecular flexibility index (Phi) is 4.47. The fourth-order valence-electron chi connectivity index (χ4n) is 1.68. The lowest BCUT2D eigenvalue weighted by molar-refractivity contribution is 1.56. The van der Waals surface area contributed by atoms with Crippen LogP contribution in [0.15, 0.2) is 24.3 Å². The first-order valence-corrected chi connectivity index (χ1v) is 11.4. The fourth-order valence-corrected chi connectivity index (χ4v) is 6.29. The van der Waals surface area contributed by atoms with Gasteiger partial charge in [-0.3, -0.25) is 0 Å². The van der Waals surface area contributed by atoms with E-state index >= 15 is 0 Å². The maximum Gasteiger partial charge on any atom is 0.110 e. The number of anilines is 1. The summed E-state index contributed by atoms with van der Waals surface area (Å²) in [6.07, 6.45) is 0. The molecule has 0 saturated carbocycles. The zero-order valence-electron chi connectivity index (χ0n) is 8.88. The Labute approximate surface area is 88.2 Å². The van der Waals surface area contributed by atoms with E-state index < -0.39 is 0 Å². The quantitative estimate of drug-likeness (QED) is 0.631. The smallest absolute Gasteiger partial charge is 0.110 e. The molecule has 1 rings (SSSR count). The van der Waals surface area contributed by atoms with E-state index in [2.05, 4.69) is 48.1 Å². The maximum absolute atomic E-state index is 2.71. The zero-order chi connectivity index (χ0) is 9.68. The Morgan fingerprint density at radius 2 is 1.62 bits per heavy atom. The SMILES string of the molecule is C[SiH2]c1ccccc1N([SiH2]C)[SiH2]C. The second-order valence-electron chi connectivity index (χ2n) is 3.15. The van der Waals surface area contributed by atoms with Gasteiger partial charge in [0.2, 0.25) is 0 Å². The van der Waals surface area contributed by atoms with Crippen molar-refractivity contribution in [1.82, 2.24) is 0 Å². The number of rotatable bonds is 4. The van der Waals surface area contributed by atoms with Crippen LogP contribution in [0.3, 0.4) is 0 Å². The maximum atomic E-state index is 2.71. The Hall–Kier alpha value is -0.329. The molecule has 1 nitrogen and oxygen atoms in total. The summed E-state index contributed by atoms with van der Waals surface area (Å²) in [5.74, 6) is 0. The Bertz CT molecular complexity index is 261. The summed E-state index contributed by atoms with van der Waals surface area (Å²) in [6.45, 7) is 7.17. The van der Waals surface area contributed by atoms with E-state index in [1.807, 2.05) is 0 Å². The molecule has 0 N–H and O–H groups in total. The molecule has 0 amide bonds. The van der Waals surface area contributed by atoms with Crippen LogP contribution in [0.2, 0.25) is 19.6 Å². The van der Waals surface area contributed by atoms with E-state index in [1.165, 1.54) is 0 Å². The highest BCUT2D eigenvalue weighted by atomic mass is 28.3. The second-order valence-corrected chi connectivity index (χ2v) is 8.31. The summed E-state index contributed by atoms with van der Waals surface area (Å²) in [7, 11) is 0.0362. The van der Waals surface area contributed by atoms with Crippen LogP contribution in [0.1, 0.15) is 0 Å². The van der Waals surface area contributed by atoms with Gasteiger partial charge in [-0.05, 0) is 11.3 Å². The van der Waals surface area contributed by atoms with Gasteiger partial charge in [0.15, 0.2) is 0 Å². The van der Waals surface area contributed by atoms with Crippen molar-refractivity contribution in [2.24, 2.45) is 0 Å². The lowest BCUT2D eigenvalue weighted by Crippen LogP contribution is -2.33. The molecule has 0 aromatic heterocycles. The highest BCUT2D eigenvalue weighted by Gasteiger charge is 2.04. The average Bonchev–Trinajstić information content (AvgIpc) is 2.20. The van der Waals surface area contributed by atoms with Gasteiger partial charge in [0.25, 0.3) is 0 Å². The van der Waals surface area contributed by atoms with E-state index in [4.69, 9.17) is 0 Å². The van der Waals surface area contributed by atoms with Gasteiger partial charge in [-0.25, -0.2) is 0 Å². The van der Waals surface area contributed by atoms with Gasteiger partial charge in [-0.2, -0.15) is 0 Å². The Morgan fingerprint density at radius 3 is 2.15 bits per heavy atom. The highest BCUT2D eigenvalue weighted by Crippen LogP contribution is 2.07. The highest BCUT2D eigenvalue weighted by molar-refractivity contribution is 6.65. The molecule has 0 saturated heterocycles. The minimum Gasteiger partial charge on any atom is -0.434 e. The number of para-hydroxylation sites is 1. The van der Waals surface area contributed by atoms with E-state index in [-0.39, 0.29) is 28.9 Å². The molecule has 1 aromatic carbocycles. The topological polar surface area (TPSA) is 3.24 Å². The first-order chi connectivity index (χ1) is 6.33. The van der Waals surface area contributed by atoms with Crippen LogP contribution >= 0.6 is 0 Å².